The van der Waals surface area contributed by atoms with E-state index < -0.39 is 10.9 Å². The monoisotopic (exact) mass is 393 g/mol. The molecule has 0 aromatic carbocycles. The number of nitrogens with one attached hydrogen (secondary N) is 1. The van der Waals surface area contributed by atoms with Crippen LogP contribution < -0.4 is 4.72 Å². The summed E-state index contributed by atoms with van der Waals surface area (Å²) in [6.07, 6.45) is 0. The third-order valence-electron chi connectivity index (χ3n) is 0.167. The van der Waals surface area contributed by atoms with Gasteiger partial charge in [0.15, 0.2) is 0 Å². The molecule has 4 nitrogen and oxygen atoms in total. The van der Waals surface area contributed by atoms with Crippen LogP contribution in [0.5, 0.6) is 0 Å². The van der Waals surface area contributed by atoms with Crippen LogP contribution in [-0.2, 0) is 19.3 Å². The Labute approximate surface area is 44.2 Å². The zero-order valence-corrected chi connectivity index (χ0v) is 12.1. The zero-order valence-electron chi connectivity index (χ0n) is 4.88. The maximum atomic E-state index is 9.26. The molecule has 6 heteroatoms. The van der Waals surface area contributed by atoms with Gasteiger partial charge in [0.1, 0.15) is 0 Å². The molecule has 0 heterocycles. The first-order chi connectivity index (χ1) is 3.27. The molecule has 0 radical (unpaired) electrons. The summed E-state index contributed by atoms with van der Waals surface area (Å²) in [4.78, 5) is 0. The Morgan fingerprint density at radius 1 is 1.38 bits per heavy atom. The van der Waals surface area contributed by atoms with Gasteiger partial charge in [-0.3, -0.25) is 0 Å². The summed E-state index contributed by atoms with van der Waals surface area (Å²) in [7, 11) is 0.264. The average Bonchev–Trinajstić information content (AvgIpc) is 1.73. The molecular formula is C2H8NO3RfS-. The second-order valence-corrected chi connectivity index (χ2v) is 1.32. The summed E-state index contributed by atoms with van der Waals surface area (Å²) in [5.74, 6) is 0. The van der Waals surface area contributed by atoms with Crippen molar-refractivity contribution in [2.75, 3.05) is 14.2 Å². The van der Waals surface area contributed by atoms with Gasteiger partial charge in [0.05, 0.1) is 0 Å². The van der Waals surface area contributed by atoms with Crippen molar-refractivity contribution in [1.29, 1.82) is 0 Å². The number of aliphatic hydroxyl groups is 1. The van der Waals surface area contributed by atoms with Gasteiger partial charge < -0.3 is 18.2 Å². The second kappa shape index (κ2) is 16.9. The van der Waals surface area contributed by atoms with Gasteiger partial charge in [-0.1, -0.05) is 0 Å². The van der Waals surface area contributed by atoms with E-state index in [4.69, 9.17) is 5.11 Å². The summed E-state index contributed by atoms with van der Waals surface area (Å²) in [5, 5.41) is 7.00. The van der Waals surface area contributed by atoms with Gasteiger partial charge >= 0.3 is 0 Å². The van der Waals surface area contributed by atoms with Gasteiger partial charge in [-0.2, -0.15) is 0 Å². The van der Waals surface area contributed by atoms with Crippen LogP contribution >= 0.6 is 0 Å². The second-order valence-electron chi connectivity index (χ2n) is 0.439. The molecule has 0 amide bonds. The minimum atomic E-state index is -2.07. The fourth-order valence-electron chi connectivity index (χ4n) is 0. The topological polar surface area (TPSA) is 66.4 Å². The van der Waals surface area contributed by atoms with E-state index in [0.717, 1.165) is 7.11 Å². The van der Waals surface area contributed by atoms with Crippen LogP contribution in [0.2, 0.25) is 0 Å². The molecule has 0 unspecified atom stereocenters. The predicted molar refractivity (Wildman–Crippen MR) is 25.9 cm³/mol. The van der Waals surface area contributed by atoms with Crippen LogP contribution in [0, 0.1) is 0 Å². The third kappa shape index (κ3) is 96.4. The molecule has 0 saturated heterocycles. The van der Waals surface area contributed by atoms with Crippen molar-refractivity contribution in [3.8, 4) is 0 Å². The summed E-state index contributed by atoms with van der Waals surface area (Å²) in [5.41, 5.74) is 0. The minimum Gasteiger partial charge on any atom is -0.409 e. The van der Waals surface area contributed by atoms with Crippen molar-refractivity contribution in [3.63, 3.8) is 0 Å². The van der Waals surface area contributed by atoms with E-state index in [-0.39, 0.29) is 0 Å². The number of aliphatic hydroxyl groups excluding tert-OH is 1. The molecule has 0 bridgehead atoms. The van der Waals surface area contributed by atoms with Gasteiger partial charge in [0.25, 0.3) is 0 Å². The standard InChI is InChI=1S/CH4NO2S.CH4O.Rf/c1-2-5(3)4;1-2;/h1H3,(H,2,3,4);2H,1H3;/q-1;;. The van der Waals surface area contributed by atoms with Gasteiger partial charge in [0, 0.05) is 7.11 Å². The summed E-state index contributed by atoms with van der Waals surface area (Å²) < 4.78 is 20.5. The van der Waals surface area contributed by atoms with Crippen molar-refractivity contribution in [3.05, 3.63) is 0 Å². The van der Waals surface area contributed by atoms with Crippen LogP contribution in [0.25, 0.3) is 0 Å². The van der Waals surface area contributed by atoms with E-state index in [1.165, 1.54) is 7.05 Å². The predicted octanol–water partition coefficient (Wildman–Crippen LogP) is -0.961. The van der Waals surface area contributed by atoms with Gasteiger partial charge in [-0.05, 0) is 17.9 Å². The first-order valence-corrected chi connectivity index (χ1v) is 2.56. The van der Waals surface area contributed by atoms with Crippen LogP contribution in [-0.4, -0.2) is 19.3 Å². The Hall–Kier alpha value is -1.13. The minimum absolute atomic E-state index is 0. The molecule has 0 rings (SSSR count). The third-order valence-corrected chi connectivity index (χ3v) is 0.500. The average molecular weight is 393 g/mol. The first kappa shape index (κ1) is 15.8. The molecule has 0 aliphatic rings. The first-order valence-electron chi connectivity index (χ1n) is 1.48. The summed E-state index contributed by atoms with van der Waals surface area (Å²) in [6.45, 7) is 0. The molecule has 8 heavy (non-hydrogen) atoms. The van der Waals surface area contributed by atoms with Gasteiger partial charge in [-0.25, -0.2) is 0 Å². The molecule has 0 saturated carbocycles. The molecular weight excluding hydrogens is 385 g/mol. The van der Waals surface area contributed by atoms with Crippen molar-refractivity contribution in [1.82, 2.24) is 4.72 Å². The molecule has 0 spiro atoms. The smallest absolute Gasteiger partial charge is 0.0319 e. The van der Waals surface area contributed by atoms with E-state index in [1.54, 1.807) is 0 Å². The van der Waals surface area contributed by atoms with Gasteiger partial charge in [-0.15, -0.1) is 0 Å². The molecule has 0 atom stereocenters. The van der Waals surface area contributed by atoms with E-state index in [0.29, 0.717) is 0 Å². The molecule has 0 aromatic rings. The zero-order chi connectivity index (χ0) is 6.28. The summed E-state index contributed by atoms with van der Waals surface area (Å²) >= 11 is 0. The molecule has 0 aliphatic carbocycles. The van der Waals surface area contributed by atoms with Crippen molar-refractivity contribution in [2.24, 2.45) is 0 Å². The van der Waals surface area contributed by atoms with E-state index >= 15 is 0 Å². The Morgan fingerprint density at radius 2 is 1.50 bits per heavy atom. The van der Waals surface area contributed by atoms with E-state index in [9.17, 15) is 8.42 Å². The SMILES string of the molecule is CN[S-](=O)=O.CO.[Rf]. The molecule has 48 valence electrons. The number of hydrogen-bond acceptors (Lipinski definition) is 4. The van der Waals surface area contributed by atoms with Crippen molar-refractivity contribution in [2.45, 2.75) is 0 Å². The van der Waals surface area contributed by atoms with Crippen molar-refractivity contribution < 1.29 is 13.5 Å². The Morgan fingerprint density at radius 3 is 1.50 bits per heavy atom. The Balaban J connectivity index is -0.0000000750. The van der Waals surface area contributed by atoms with Crippen LogP contribution in [0.15, 0.2) is 0 Å². The number of rotatable bonds is 1. The van der Waals surface area contributed by atoms with Gasteiger partial charge in [0.2, 0.25) is 0 Å². The van der Waals surface area contributed by atoms with Crippen LogP contribution in [0.3, 0.4) is 0 Å². The molecule has 2 N–H and O–H groups in total. The maximum Gasteiger partial charge on any atom is 0.0319 e. The Bertz CT molecular complexity index is 75.4. The van der Waals surface area contributed by atoms with E-state index in [1.807, 2.05) is 4.72 Å². The summed E-state index contributed by atoms with van der Waals surface area (Å²) in [6, 6.07) is 0. The fourth-order valence-corrected chi connectivity index (χ4v) is 0. The quantitative estimate of drug-likeness (QED) is 0.565. The molecule has 0 fully saturated rings. The molecule has 0 aliphatic heterocycles. The van der Waals surface area contributed by atoms with Crippen molar-refractivity contribution >= 4 is 10.9 Å². The fraction of sp³-hybridized carbons (Fsp3) is 1.00. The maximum absolute atomic E-state index is 9.26. The molecule has 0 aromatic heterocycles. The number of hydrogen-bond donors (Lipinski definition) is 2. The normalized spacial score (nSPS) is 6.50. The van der Waals surface area contributed by atoms with Crippen LogP contribution in [0.4, 0.5) is 0 Å². The largest absolute Gasteiger partial charge is 0.409 e. The Kier molecular flexibility index (Phi) is 33.4. The van der Waals surface area contributed by atoms with Crippen LogP contribution in [0.1, 0.15) is 0 Å². The van der Waals surface area contributed by atoms with E-state index in [2.05, 4.69) is 0 Å².